The maximum absolute atomic E-state index is 12.8. The molecule has 2 rings (SSSR count). The third kappa shape index (κ3) is 5.98. The molecule has 0 unspecified atom stereocenters. The van der Waals surface area contributed by atoms with Gasteiger partial charge in [0.25, 0.3) is 10.0 Å². The van der Waals surface area contributed by atoms with Gasteiger partial charge in [-0.25, -0.2) is 18.2 Å². The number of hydrogen-bond acceptors (Lipinski definition) is 8. The Morgan fingerprint density at radius 3 is 2.35 bits per heavy atom. The lowest BCUT2D eigenvalue weighted by Crippen LogP contribution is -2.33. The monoisotopic (exact) mass is 452 g/mol. The lowest BCUT2D eigenvalue weighted by atomic mass is 10.2. The maximum atomic E-state index is 12.8. The molecule has 2 aromatic rings. The summed E-state index contributed by atoms with van der Waals surface area (Å²) in [6.07, 6.45) is 1.30. The summed E-state index contributed by atoms with van der Waals surface area (Å²) in [5.74, 6) is -0.272. The number of rotatable bonds is 11. The quantitative estimate of drug-likeness (QED) is 0.527. The molecular weight excluding hydrogens is 424 g/mol. The van der Waals surface area contributed by atoms with Gasteiger partial charge < -0.3 is 24.4 Å². The highest BCUT2D eigenvalue weighted by atomic mass is 32.2. The summed E-state index contributed by atoms with van der Waals surface area (Å²) in [5, 5.41) is 9.67. The van der Waals surface area contributed by atoms with Crippen molar-refractivity contribution in [2.24, 2.45) is 0 Å². The Morgan fingerprint density at radius 1 is 1.13 bits per heavy atom. The van der Waals surface area contributed by atoms with Gasteiger partial charge in [-0.15, -0.1) is 0 Å². The number of carboxylic acids is 1. The van der Waals surface area contributed by atoms with Crippen LogP contribution in [0.4, 0.5) is 11.5 Å². The molecule has 0 aliphatic heterocycles. The van der Waals surface area contributed by atoms with Gasteiger partial charge >= 0.3 is 5.97 Å². The largest absolute Gasteiger partial charge is 0.493 e. The molecule has 0 radical (unpaired) electrons. The van der Waals surface area contributed by atoms with Gasteiger partial charge in [-0.2, -0.15) is 0 Å². The second-order valence-electron chi connectivity index (χ2n) is 6.91. The van der Waals surface area contributed by atoms with Gasteiger partial charge in [0.2, 0.25) is 0 Å². The van der Waals surface area contributed by atoms with Gasteiger partial charge in [0.05, 0.1) is 31.0 Å². The van der Waals surface area contributed by atoms with Crippen molar-refractivity contribution in [2.45, 2.75) is 11.8 Å². The summed E-state index contributed by atoms with van der Waals surface area (Å²) in [4.78, 5) is 19.8. The summed E-state index contributed by atoms with van der Waals surface area (Å²) >= 11 is 0. The van der Waals surface area contributed by atoms with Crippen LogP contribution in [0.3, 0.4) is 0 Å². The van der Waals surface area contributed by atoms with Gasteiger partial charge in [0.1, 0.15) is 11.4 Å². The second kappa shape index (κ2) is 10.3. The van der Waals surface area contributed by atoms with Gasteiger partial charge in [0.15, 0.2) is 11.5 Å². The Morgan fingerprint density at radius 2 is 1.81 bits per heavy atom. The minimum absolute atomic E-state index is 0.0413. The van der Waals surface area contributed by atoms with Crippen LogP contribution < -0.4 is 19.1 Å². The van der Waals surface area contributed by atoms with Crippen molar-refractivity contribution in [1.29, 1.82) is 0 Å². The summed E-state index contributed by atoms with van der Waals surface area (Å²) in [7, 11) is 2.68. The SMILES string of the molecule is CCN(CCN(C)C)c1ncc(NS(=O)(=O)c2ccc(OC)c(OC)c2)cc1C(=O)O. The van der Waals surface area contributed by atoms with Gasteiger partial charge in [0, 0.05) is 25.7 Å². The topological polar surface area (TPSA) is 121 Å². The molecule has 11 heteroatoms. The molecule has 1 aromatic heterocycles. The number of ether oxygens (including phenoxy) is 2. The van der Waals surface area contributed by atoms with Crippen LogP contribution in [-0.4, -0.2) is 77.3 Å². The van der Waals surface area contributed by atoms with Crippen molar-refractivity contribution in [3.63, 3.8) is 0 Å². The molecule has 0 fully saturated rings. The Balaban J connectivity index is 2.37. The predicted octanol–water partition coefficient (Wildman–Crippen LogP) is 1.99. The van der Waals surface area contributed by atoms with Crippen molar-refractivity contribution >= 4 is 27.5 Å². The average Bonchev–Trinajstić information content (AvgIpc) is 2.73. The number of carboxylic acid groups (broad SMARTS) is 1. The third-order valence-electron chi connectivity index (χ3n) is 4.51. The molecule has 0 saturated heterocycles. The number of methoxy groups -OCH3 is 2. The Kier molecular flexibility index (Phi) is 8.06. The van der Waals surface area contributed by atoms with Crippen LogP contribution in [0.25, 0.3) is 0 Å². The zero-order chi connectivity index (χ0) is 23.2. The van der Waals surface area contributed by atoms with Crippen molar-refractivity contribution in [3.05, 3.63) is 36.0 Å². The highest BCUT2D eigenvalue weighted by Crippen LogP contribution is 2.30. The Labute approximate surface area is 182 Å². The van der Waals surface area contributed by atoms with E-state index in [9.17, 15) is 18.3 Å². The molecule has 170 valence electrons. The molecule has 0 aliphatic rings. The third-order valence-corrected chi connectivity index (χ3v) is 5.89. The number of nitrogens with one attached hydrogen (secondary N) is 1. The van der Waals surface area contributed by atoms with Crippen LogP contribution in [-0.2, 0) is 10.0 Å². The van der Waals surface area contributed by atoms with Crippen molar-refractivity contribution < 1.29 is 27.8 Å². The number of aromatic carboxylic acids is 1. The molecule has 0 spiro atoms. The molecule has 0 saturated carbocycles. The zero-order valence-corrected chi connectivity index (χ0v) is 19.1. The van der Waals surface area contributed by atoms with Gasteiger partial charge in [-0.1, -0.05) is 0 Å². The highest BCUT2D eigenvalue weighted by Gasteiger charge is 2.21. The van der Waals surface area contributed by atoms with E-state index in [1.54, 1.807) is 0 Å². The first-order valence-electron chi connectivity index (χ1n) is 9.50. The standard InChI is InChI=1S/C20H28N4O6S/c1-6-24(10-9-23(2)3)19-16(20(25)26)11-14(13-21-19)22-31(27,28)15-7-8-17(29-4)18(12-15)30-5/h7-8,11-13,22H,6,9-10H2,1-5H3,(H,25,26). The zero-order valence-electron chi connectivity index (χ0n) is 18.2. The minimum atomic E-state index is -4.01. The number of benzene rings is 1. The number of sulfonamides is 1. The summed E-state index contributed by atoms with van der Waals surface area (Å²) < 4.78 is 38.3. The van der Waals surface area contributed by atoms with Crippen molar-refractivity contribution in [3.8, 4) is 11.5 Å². The molecule has 31 heavy (non-hydrogen) atoms. The Hall–Kier alpha value is -3.05. The van der Waals surface area contributed by atoms with E-state index in [2.05, 4.69) is 9.71 Å². The first-order valence-corrected chi connectivity index (χ1v) is 11.0. The lowest BCUT2D eigenvalue weighted by Gasteiger charge is -2.25. The average molecular weight is 453 g/mol. The molecule has 0 bridgehead atoms. The van der Waals surface area contributed by atoms with Gasteiger partial charge in [-0.05, 0) is 39.2 Å². The van der Waals surface area contributed by atoms with E-state index in [0.29, 0.717) is 25.4 Å². The maximum Gasteiger partial charge on any atom is 0.339 e. The predicted molar refractivity (Wildman–Crippen MR) is 118 cm³/mol. The molecule has 2 N–H and O–H groups in total. The van der Waals surface area contributed by atoms with E-state index >= 15 is 0 Å². The fourth-order valence-corrected chi connectivity index (χ4v) is 3.90. The highest BCUT2D eigenvalue weighted by molar-refractivity contribution is 7.92. The summed E-state index contributed by atoms with van der Waals surface area (Å²) in [5.41, 5.74) is -0.0484. The van der Waals surface area contributed by atoms with Crippen LogP contribution >= 0.6 is 0 Å². The summed E-state index contributed by atoms with van der Waals surface area (Å²) in [6, 6.07) is 5.42. The minimum Gasteiger partial charge on any atom is -0.493 e. The number of carbonyl (C=O) groups is 1. The van der Waals surface area contributed by atoms with Crippen LogP contribution in [0.1, 0.15) is 17.3 Å². The van der Waals surface area contributed by atoms with E-state index in [-0.39, 0.29) is 27.7 Å². The smallest absolute Gasteiger partial charge is 0.339 e. The fraction of sp³-hybridized carbons (Fsp3) is 0.400. The van der Waals surface area contributed by atoms with E-state index in [0.717, 1.165) is 0 Å². The normalized spacial score (nSPS) is 11.3. The molecule has 0 aliphatic carbocycles. The first kappa shape index (κ1) is 24.2. The molecule has 0 amide bonds. The number of pyridine rings is 1. The lowest BCUT2D eigenvalue weighted by molar-refractivity contribution is 0.0697. The number of nitrogens with zero attached hydrogens (tertiary/aromatic N) is 3. The molecular formula is C20H28N4O6S. The second-order valence-corrected chi connectivity index (χ2v) is 8.59. The van der Waals surface area contributed by atoms with Crippen LogP contribution in [0.2, 0.25) is 0 Å². The van der Waals surface area contributed by atoms with Crippen molar-refractivity contribution in [2.75, 3.05) is 57.6 Å². The number of likely N-dealkylation sites (N-methyl/N-ethyl adjacent to an activating group) is 2. The van der Waals surface area contributed by atoms with E-state index in [1.807, 2.05) is 30.8 Å². The number of hydrogen-bond donors (Lipinski definition) is 2. The van der Waals surface area contributed by atoms with Crippen LogP contribution in [0.15, 0.2) is 35.4 Å². The molecule has 0 atom stereocenters. The molecule has 10 nitrogen and oxygen atoms in total. The van der Waals surface area contributed by atoms with Crippen LogP contribution in [0.5, 0.6) is 11.5 Å². The molecule has 1 heterocycles. The summed E-state index contributed by atoms with van der Waals surface area (Å²) in [6.45, 7) is 3.74. The Bertz CT molecular complexity index is 1030. The van der Waals surface area contributed by atoms with Gasteiger partial charge in [-0.3, -0.25) is 4.72 Å². The number of anilines is 2. The van der Waals surface area contributed by atoms with Crippen molar-refractivity contribution in [1.82, 2.24) is 9.88 Å². The van der Waals surface area contributed by atoms with E-state index in [1.165, 1.54) is 44.7 Å². The fourth-order valence-electron chi connectivity index (χ4n) is 2.86. The number of aromatic nitrogens is 1. The molecule has 1 aromatic carbocycles. The van der Waals surface area contributed by atoms with E-state index in [4.69, 9.17) is 9.47 Å². The first-order chi connectivity index (χ1) is 14.6. The van der Waals surface area contributed by atoms with E-state index < -0.39 is 16.0 Å². The van der Waals surface area contributed by atoms with Crippen LogP contribution in [0, 0.1) is 0 Å².